The van der Waals surface area contributed by atoms with E-state index in [1.54, 1.807) is 19.2 Å². The molecule has 1 fully saturated rings. The minimum atomic E-state index is 0.216. The molecule has 0 atom stereocenters. The van der Waals surface area contributed by atoms with Gasteiger partial charge < -0.3 is 15.2 Å². The fourth-order valence-corrected chi connectivity index (χ4v) is 2.24. The van der Waals surface area contributed by atoms with Crippen LogP contribution in [0, 0.1) is 0 Å². The highest BCUT2D eigenvalue weighted by atomic mass is 16.5. The number of rotatable bonds is 4. The Bertz CT molecular complexity index is 346. The van der Waals surface area contributed by atoms with Crippen molar-refractivity contribution in [3.63, 3.8) is 0 Å². The zero-order valence-electron chi connectivity index (χ0n) is 9.70. The van der Waals surface area contributed by atoms with Gasteiger partial charge in [0.15, 0.2) is 11.5 Å². The number of hydrogen-bond acceptors (Lipinski definition) is 3. The van der Waals surface area contributed by atoms with Gasteiger partial charge in [-0.1, -0.05) is 18.9 Å². The Balaban J connectivity index is 1.91. The summed E-state index contributed by atoms with van der Waals surface area (Å²) < 4.78 is 5.01. The third-order valence-electron chi connectivity index (χ3n) is 3.19. The molecule has 2 N–H and O–H groups in total. The van der Waals surface area contributed by atoms with Crippen molar-refractivity contribution in [1.29, 1.82) is 0 Å². The monoisotopic (exact) mass is 221 g/mol. The topological polar surface area (TPSA) is 41.5 Å². The average molecular weight is 221 g/mol. The molecule has 1 aromatic rings. The Morgan fingerprint density at radius 2 is 2.12 bits per heavy atom. The van der Waals surface area contributed by atoms with E-state index in [1.807, 2.05) is 6.07 Å². The summed E-state index contributed by atoms with van der Waals surface area (Å²) in [6, 6.07) is 6.21. The third-order valence-corrected chi connectivity index (χ3v) is 3.19. The van der Waals surface area contributed by atoms with Gasteiger partial charge in [0.1, 0.15) is 0 Å². The molecular formula is C13H19NO2. The van der Waals surface area contributed by atoms with Crippen LogP contribution in [0.1, 0.15) is 31.2 Å². The zero-order chi connectivity index (χ0) is 11.4. The van der Waals surface area contributed by atoms with E-state index in [2.05, 4.69) is 5.32 Å². The smallest absolute Gasteiger partial charge is 0.160 e. The van der Waals surface area contributed by atoms with Crippen LogP contribution in [-0.2, 0) is 6.54 Å². The SMILES string of the molecule is COc1ccc(CNC2CCCC2)cc1O. The predicted molar refractivity (Wildman–Crippen MR) is 63.8 cm³/mol. The molecule has 2 rings (SSSR count). The summed E-state index contributed by atoms with van der Waals surface area (Å²) in [5.74, 6) is 0.748. The van der Waals surface area contributed by atoms with Crippen LogP contribution in [-0.4, -0.2) is 18.3 Å². The quantitative estimate of drug-likeness (QED) is 0.820. The number of hydrogen-bond donors (Lipinski definition) is 2. The van der Waals surface area contributed by atoms with Crippen LogP contribution in [0.4, 0.5) is 0 Å². The first-order valence-corrected chi connectivity index (χ1v) is 5.89. The molecule has 16 heavy (non-hydrogen) atoms. The molecule has 0 spiro atoms. The summed E-state index contributed by atoms with van der Waals surface area (Å²) in [5, 5.41) is 13.1. The largest absolute Gasteiger partial charge is 0.504 e. The van der Waals surface area contributed by atoms with Gasteiger partial charge in [0.25, 0.3) is 0 Å². The fraction of sp³-hybridized carbons (Fsp3) is 0.538. The van der Waals surface area contributed by atoms with Gasteiger partial charge in [-0.05, 0) is 30.5 Å². The van der Waals surface area contributed by atoms with Crippen molar-refractivity contribution in [3.05, 3.63) is 23.8 Å². The lowest BCUT2D eigenvalue weighted by Crippen LogP contribution is -2.25. The molecule has 0 radical (unpaired) electrons. The summed E-state index contributed by atoms with van der Waals surface area (Å²) in [6.07, 6.45) is 5.24. The number of nitrogens with one attached hydrogen (secondary N) is 1. The number of methoxy groups -OCH3 is 1. The van der Waals surface area contributed by atoms with Crippen LogP contribution < -0.4 is 10.1 Å². The highest BCUT2D eigenvalue weighted by molar-refractivity contribution is 5.41. The standard InChI is InChI=1S/C13H19NO2/c1-16-13-7-6-10(8-12(13)15)9-14-11-4-2-3-5-11/h6-8,11,14-15H,2-5,9H2,1H3. The average Bonchev–Trinajstić information content (AvgIpc) is 2.79. The van der Waals surface area contributed by atoms with E-state index in [9.17, 15) is 5.11 Å². The van der Waals surface area contributed by atoms with Crippen LogP contribution >= 0.6 is 0 Å². The van der Waals surface area contributed by atoms with Gasteiger partial charge >= 0.3 is 0 Å². The molecule has 3 nitrogen and oxygen atoms in total. The van der Waals surface area contributed by atoms with E-state index in [0.29, 0.717) is 11.8 Å². The van der Waals surface area contributed by atoms with Gasteiger partial charge in [-0.2, -0.15) is 0 Å². The number of phenolic OH excluding ortho intramolecular Hbond substituents is 1. The summed E-state index contributed by atoms with van der Waals surface area (Å²) in [7, 11) is 1.56. The zero-order valence-corrected chi connectivity index (χ0v) is 9.70. The van der Waals surface area contributed by atoms with Crippen LogP contribution in [0.5, 0.6) is 11.5 Å². The van der Waals surface area contributed by atoms with Crippen molar-refractivity contribution in [2.45, 2.75) is 38.3 Å². The van der Waals surface area contributed by atoms with E-state index >= 15 is 0 Å². The summed E-state index contributed by atoms with van der Waals surface area (Å²) in [4.78, 5) is 0. The molecule has 0 saturated heterocycles. The Morgan fingerprint density at radius 3 is 2.75 bits per heavy atom. The molecule has 0 unspecified atom stereocenters. The molecule has 3 heteroatoms. The second-order valence-corrected chi connectivity index (χ2v) is 4.37. The van der Waals surface area contributed by atoms with Gasteiger partial charge in [0.05, 0.1) is 7.11 Å². The van der Waals surface area contributed by atoms with Crippen molar-refractivity contribution in [1.82, 2.24) is 5.32 Å². The second kappa shape index (κ2) is 5.21. The van der Waals surface area contributed by atoms with Crippen molar-refractivity contribution in [3.8, 4) is 11.5 Å². The molecule has 0 aromatic heterocycles. The summed E-state index contributed by atoms with van der Waals surface area (Å²) >= 11 is 0. The first kappa shape index (κ1) is 11.3. The van der Waals surface area contributed by atoms with E-state index in [0.717, 1.165) is 12.1 Å². The number of ether oxygens (including phenoxy) is 1. The fourth-order valence-electron chi connectivity index (χ4n) is 2.24. The molecule has 1 saturated carbocycles. The van der Waals surface area contributed by atoms with Gasteiger partial charge in [-0.15, -0.1) is 0 Å². The lowest BCUT2D eigenvalue weighted by atomic mass is 10.1. The number of aromatic hydroxyl groups is 1. The molecule has 1 aliphatic rings. The highest BCUT2D eigenvalue weighted by Gasteiger charge is 2.13. The molecule has 1 aromatic carbocycles. The molecule has 1 aliphatic carbocycles. The van der Waals surface area contributed by atoms with Crippen molar-refractivity contribution < 1.29 is 9.84 Å². The van der Waals surface area contributed by atoms with Gasteiger partial charge in [-0.3, -0.25) is 0 Å². The summed E-state index contributed by atoms with van der Waals surface area (Å²) in [6.45, 7) is 0.822. The van der Waals surface area contributed by atoms with Crippen molar-refractivity contribution in [2.75, 3.05) is 7.11 Å². The molecule has 0 aliphatic heterocycles. The normalized spacial score (nSPS) is 16.6. The molecule has 0 heterocycles. The third kappa shape index (κ3) is 2.67. The predicted octanol–water partition coefficient (Wildman–Crippen LogP) is 2.43. The Hall–Kier alpha value is -1.22. The van der Waals surface area contributed by atoms with E-state index in [-0.39, 0.29) is 5.75 Å². The molecule has 0 amide bonds. The first-order chi connectivity index (χ1) is 7.79. The van der Waals surface area contributed by atoms with Gasteiger partial charge in [0.2, 0.25) is 0 Å². The minimum Gasteiger partial charge on any atom is -0.504 e. The maximum absolute atomic E-state index is 9.63. The van der Waals surface area contributed by atoms with Gasteiger partial charge in [0, 0.05) is 12.6 Å². The van der Waals surface area contributed by atoms with E-state index < -0.39 is 0 Å². The summed E-state index contributed by atoms with van der Waals surface area (Å²) in [5.41, 5.74) is 1.10. The maximum Gasteiger partial charge on any atom is 0.160 e. The van der Waals surface area contributed by atoms with Crippen molar-refractivity contribution in [2.24, 2.45) is 0 Å². The van der Waals surface area contributed by atoms with Crippen LogP contribution in [0.2, 0.25) is 0 Å². The minimum absolute atomic E-state index is 0.216. The Morgan fingerprint density at radius 1 is 1.38 bits per heavy atom. The first-order valence-electron chi connectivity index (χ1n) is 5.89. The number of benzene rings is 1. The maximum atomic E-state index is 9.63. The molecular weight excluding hydrogens is 202 g/mol. The van der Waals surface area contributed by atoms with E-state index in [1.165, 1.54) is 25.7 Å². The van der Waals surface area contributed by atoms with Crippen LogP contribution in [0.3, 0.4) is 0 Å². The number of phenols is 1. The molecule has 0 bridgehead atoms. The lowest BCUT2D eigenvalue weighted by Gasteiger charge is -2.12. The van der Waals surface area contributed by atoms with Crippen LogP contribution in [0.15, 0.2) is 18.2 Å². The van der Waals surface area contributed by atoms with Gasteiger partial charge in [-0.25, -0.2) is 0 Å². The highest BCUT2D eigenvalue weighted by Crippen LogP contribution is 2.26. The Kier molecular flexibility index (Phi) is 3.67. The van der Waals surface area contributed by atoms with Crippen molar-refractivity contribution >= 4 is 0 Å². The molecule has 88 valence electrons. The lowest BCUT2D eigenvalue weighted by molar-refractivity contribution is 0.372. The Labute approximate surface area is 96.4 Å². The van der Waals surface area contributed by atoms with Crippen LogP contribution in [0.25, 0.3) is 0 Å². The second-order valence-electron chi connectivity index (χ2n) is 4.37. The van der Waals surface area contributed by atoms with E-state index in [4.69, 9.17) is 4.74 Å².